The molecule has 0 saturated carbocycles. The molecule has 1 aromatic carbocycles. The molecule has 1 heterocycles. The largest absolute Gasteiger partial charge is 0.434 e. The van der Waals surface area contributed by atoms with Gasteiger partial charge in [-0.2, -0.15) is 8.78 Å². The fourth-order valence-electron chi connectivity index (χ4n) is 1.75. The number of nitrogens with zero attached hydrogens (tertiary/aromatic N) is 1. The van der Waals surface area contributed by atoms with Crippen LogP contribution in [0.3, 0.4) is 0 Å². The van der Waals surface area contributed by atoms with Crippen LogP contribution in [0.2, 0.25) is 5.15 Å². The van der Waals surface area contributed by atoms with Gasteiger partial charge >= 0.3 is 6.61 Å². The number of rotatable bonds is 5. The van der Waals surface area contributed by atoms with Gasteiger partial charge in [-0.1, -0.05) is 27.5 Å². The molecule has 2 rings (SSSR count). The highest BCUT2D eigenvalue weighted by atomic mass is 79.9. The van der Waals surface area contributed by atoms with E-state index in [0.29, 0.717) is 14.5 Å². The Labute approximate surface area is 152 Å². The minimum absolute atomic E-state index is 0.0107. The maximum Gasteiger partial charge on any atom is 0.387 e. The van der Waals surface area contributed by atoms with Gasteiger partial charge in [0.2, 0.25) is 0 Å². The third-order valence-electron chi connectivity index (χ3n) is 2.73. The lowest BCUT2D eigenvalue weighted by atomic mass is 10.2. The molecular formula is C14H9Br2ClF2N2O2. The second-order valence-corrected chi connectivity index (χ2v) is 6.49. The van der Waals surface area contributed by atoms with E-state index in [-0.39, 0.29) is 23.0 Å². The number of amides is 1. The van der Waals surface area contributed by atoms with Crippen molar-refractivity contribution in [1.82, 2.24) is 10.3 Å². The zero-order chi connectivity index (χ0) is 17.0. The fourth-order valence-corrected chi connectivity index (χ4v) is 2.68. The highest BCUT2D eigenvalue weighted by Gasteiger charge is 2.14. The molecule has 0 aliphatic heterocycles. The van der Waals surface area contributed by atoms with Gasteiger partial charge in [0.1, 0.15) is 10.9 Å². The molecule has 0 spiro atoms. The molecule has 4 nitrogen and oxygen atoms in total. The van der Waals surface area contributed by atoms with Crippen LogP contribution in [0.4, 0.5) is 8.78 Å². The Kier molecular flexibility index (Phi) is 6.32. The Morgan fingerprint density at radius 1 is 1.30 bits per heavy atom. The molecule has 122 valence electrons. The number of ether oxygens (including phenoxy) is 1. The van der Waals surface area contributed by atoms with E-state index in [2.05, 4.69) is 46.9 Å². The standard InChI is InChI=1S/C14H9Br2ClF2N2O2/c15-8-1-2-11(23-14(18)19)7(3-8)5-21-13(22)10-4-9(16)6-20-12(10)17/h1-4,6,14H,5H2,(H,21,22). The van der Waals surface area contributed by atoms with Crippen LogP contribution in [0.5, 0.6) is 5.75 Å². The van der Waals surface area contributed by atoms with Gasteiger partial charge in [-0.05, 0) is 40.2 Å². The number of hydrogen-bond acceptors (Lipinski definition) is 3. The van der Waals surface area contributed by atoms with Crippen molar-refractivity contribution < 1.29 is 18.3 Å². The van der Waals surface area contributed by atoms with Crippen LogP contribution < -0.4 is 10.1 Å². The fraction of sp³-hybridized carbons (Fsp3) is 0.143. The first-order chi connectivity index (χ1) is 10.9. The first-order valence-electron chi connectivity index (χ1n) is 6.19. The monoisotopic (exact) mass is 468 g/mol. The number of halogens is 5. The molecule has 0 aliphatic carbocycles. The predicted octanol–water partition coefficient (Wildman–Crippen LogP) is 4.79. The normalized spacial score (nSPS) is 10.7. The average molecular weight is 470 g/mol. The van der Waals surface area contributed by atoms with E-state index >= 15 is 0 Å². The SMILES string of the molecule is O=C(NCc1cc(Br)ccc1OC(F)F)c1cc(Br)cnc1Cl. The molecule has 1 amide bonds. The molecule has 0 aliphatic rings. The van der Waals surface area contributed by atoms with Crippen LogP contribution in [0.15, 0.2) is 39.4 Å². The van der Waals surface area contributed by atoms with E-state index in [0.717, 1.165) is 0 Å². The van der Waals surface area contributed by atoms with Gasteiger partial charge in [0.25, 0.3) is 5.91 Å². The molecule has 1 N–H and O–H groups in total. The lowest BCUT2D eigenvalue weighted by molar-refractivity contribution is -0.0504. The van der Waals surface area contributed by atoms with Gasteiger partial charge in [0, 0.05) is 27.3 Å². The van der Waals surface area contributed by atoms with Crippen molar-refractivity contribution in [2.45, 2.75) is 13.2 Å². The number of pyridine rings is 1. The van der Waals surface area contributed by atoms with E-state index in [1.54, 1.807) is 12.1 Å². The van der Waals surface area contributed by atoms with Gasteiger partial charge in [0.15, 0.2) is 0 Å². The first-order valence-corrected chi connectivity index (χ1v) is 8.15. The third-order valence-corrected chi connectivity index (χ3v) is 3.96. The molecule has 1 aromatic heterocycles. The molecule has 0 saturated heterocycles. The Hall–Kier alpha value is -1.25. The highest BCUT2D eigenvalue weighted by Crippen LogP contribution is 2.25. The highest BCUT2D eigenvalue weighted by molar-refractivity contribution is 9.10. The quantitative estimate of drug-likeness (QED) is 0.640. The Morgan fingerprint density at radius 3 is 2.74 bits per heavy atom. The van der Waals surface area contributed by atoms with Crippen molar-refractivity contribution in [2.75, 3.05) is 0 Å². The number of alkyl halides is 2. The van der Waals surface area contributed by atoms with Crippen molar-refractivity contribution in [2.24, 2.45) is 0 Å². The summed E-state index contributed by atoms with van der Waals surface area (Å²) in [6, 6.07) is 6.06. The van der Waals surface area contributed by atoms with Crippen LogP contribution in [-0.2, 0) is 6.54 Å². The molecule has 0 fully saturated rings. The second kappa shape index (κ2) is 8.03. The molecule has 0 unspecified atom stereocenters. The smallest absolute Gasteiger partial charge is 0.387 e. The molecular weight excluding hydrogens is 461 g/mol. The summed E-state index contributed by atoms with van der Waals surface area (Å²) >= 11 is 12.3. The van der Waals surface area contributed by atoms with E-state index in [9.17, 15) is 13.6 Å². The number of hydrogen-bond donors (Lipinski definition) is 1. The zero-order valence-electron chi connectivity index (χ0n) is 11.3. The molecule has 0 atom stereocenters. The van der Waals surface area contributed by atoms with Crippen molar-refractivity contribution in [1.29, 1.82) is 0 Å². The number of carbonyl (C=O) groups excluding carboxylic acids is 1. The summed E-state index contributed by atoms with van der Waals surface area (Å²) in [4.78, 5) is 16.0. The van der Waals surface area contributed by atoms with Gasteiger partial charge < -0.3 is 10.1 Å². The Balaban J connectivity index is 2.15. The van der Waals surface area contributed by atoms with Crippen LogP contribution in [0, 0.1) is 0 Å². The van der Waals surface area contributed by atoms with Gasteiger partial charge in [-0.15, -0.1) is 0 Å². The van der Waals surface area contributed by atoms with Crippen LogP contribution in [0.1, 0.15) is 15.9 Å². The summed E-state index contributed by atoms with van der Waals surface area (Å²) < 4.78 is 30.5. The maximum atomic E-state index is 12.4. The van der Waals surface area contributed by atoms with Crippen molar-refractivity contribution in [3.63, 3.8) is 0 Å². The second-order valence-electron chi connectivity index (χ2n) is 4.31. The number of aromatic nitrogens is 1. The summed E-state index contributed by atoms with van der Waals surface area (Å²) in [7, 11) is 0. The molecule has 0 radical (unpaired) electrons. The lowest BCUT2D eigenvalue weighted by Crippen LogP contribution is -2.24. The van der Waals surface area contributed by atoms with E-state index < -0.39 is 12.5 Å². The van der Waals surface area contributed by atoms with Crippen molar-refractivity contribution in [3.8, 4) is 5.75 Å². The first kappa shape index (κ1) is 18.1. The molecule has 23 heavy (non-hydrogen) atoms. The molecule has 2 aromatic rings. The minimum Gasteiger partial charge on any atom is -0.434 e. The van der Waals surface area contributed by atoms with Gasteiger partial charge in [-0.25, -0.2) is 4.98 Å². The third kappa shape index (κ3) is 5.12. The summed E-state index contributed by atoms with van der Waals surface area (Å²) in [6.45, 7) is -2.96. The average Bonchev–Trinajstić information content (AvgIpc) is 2.49. The molecule has 0 bridgehead atoms. The Morgan fingerprint density at radius 2 is 2.04 bits per heavy atom. The zero-order valence-corrected chi connectivity index (χ0v) is 15.3. The van der Waals surface area contributed by atoms with Crippen LogP contribution in [0.25, 0.3) is 0 Å². The van der Waals surface area contributed by atoms with Crippen molar-refractivity contribution >= 4 is 49.4 Å². The lowest BCUT2D eigenvalue weighted by Gasteiger charge is -2.12. The van der Waals surface area contributed by atoms with Crippen LogP contribution in [-0.4, -0.2) is 17.5 Å². The van der Waals surface area contributed by atoms with E-state index in [1.165, 1.54) is 18.3 Å². The topological polar surface area (TPSA) is 51.2 Å². The number of nitrogens with one attached hydrogen (secondary N) is 1. The number of carbonyl (C=O) groups is 1. The summed E-state index contributed by atoms with van der Waals surface area (Å²) in [6.07, 6.45) is 1.46. The minimum atomic E-state index is -2.95. The summed E-state index contributed by atoms with van der Waals surface area (Å²) in [5.41, 5.74) is 0.569. The molecule has 9 heteroatoms. The Bertz CT molecular complexity index is 732. The predicted molar refractivity (Wildman–Crippen MR) is 88.9 cm³/mol. The van der Waals surface area contributed by atoms with Gasteiger partial charge in [0.05, 0.1) is 5.56 Å². The van der Waals surface area contributed by atoms with Crippen LogP contribution >= 0.6 is 43.5 Å². The number of benzene rings is 1. The summed E-state index contributed by atoms with van der Waals surface area (Å²) in [5.74, 6) is -0.492. The maximum absolute atomic E-state index is 12.4. The van der Waals surface area contributed by atoms with Crippen molar-refractivity contribution in [3.05, 3.63) is 55.7 Å². The van der Waals surface area contributed by atoms with E-state index in [1.807, 2.05) is 0 Å². The summed E-state index contributed by atoms with van der Waals surface area (Å²) in [5, 5.41) is 2.64. The van der Waals surface area contributed by atoms with E-state index in [4.69, 9.17) is 11.6 Å². The van der Waals surface area contributed by atoms with Gasteiger partial charge in [-0.3, -0.25) is 4.79 Å².